The van der Waals surface area contributed by atoms with Crippen LogP contribution in [0.15, 0.2) is 0 Å². The molecule has 2 unspecified atom stereocenters. The molecular weight excluding hydrogens is 170 g/mol. The summed E-state index contributed by atoms with van der Waals surface area (Å²) in [6.07, 6.45) is 6.80. The van der Waals surface area contributed by atoms with Gasteiger partial charge in [-0.1, -0.05) is 34.1 Å². The minimum atomic E-state index is 0.524. The normalized spacial score (nSPS) is 37.1. The van der Waals surface area contributed by atoms with Crippen molar-refractivity contribution in [1.29, 1.82) is 0 Å². The van der Waals surface area contributed by atoms with E-state index in [-0.39, 0.29) is 0 Å². The highest BCUT2D eigenvalue weighted by atomic mass is 14.9. The van der Waals surface area contributed by atoms with Crippen LogP contribution >= 0.6 is 0 Å². The summed E-state index contributed by atoms with van der Waals surface area (Å²) in [4.78, 5) is 0. The van der Waals surface area contributed by atoms with Crippen molar-refractivity contribution in [3.05, 3.63) is 0 Å². The zero-order valence-electron chi connectivity index (χ0n) is 10.6. The summed E-state index contributed by atoms with van der Waals surface area (Å²) in [6, 6.07) is 0.732. The average Bonchev–Trinajstić information content (AvgIpc) is 2.00. The van der Waals surface area contributed by atoms with Crippen molar-refractivity contribution in [3.8, 4) is 0 Å². The molecule has 0 radical (unpaired) electrons. The maximum Gasteiger partial charge on any atom is 0.00743 e. The van der Waals surface area contributed by atoms with Gasteiger partial charge < -0.3 is 5.32 Å². The first kappa shape index (κ1) is 12.0. The van der Waals surface area contributed by atoms with E-state index in [1.54, 1.807) is 0 Å². The van der Waals surface area contributed by atoms with Crippen LogP contribution in [0.25, 0.3) is 0 Å². The second-order valence-corrected chi connectivity index (χ2v) is 6.30. The van der Waals surface area contributed by atoms with E-state index < -0.39 is 0 Å². The quantitative estimate of drug-likeness (QED) is 0.729. The molecule has 0 saturated heterocycles. The van der Waals surface area contributed by atoms with E-state index in [9.17, 15) is 0 Å². The van der Waals surface area contributed by atoms with E-state index in [1.807, 2.05) is 0 Å². The topological polar surface area (TPSA) is 12.0 Å². The Morgan fingerprint density at radius 1 is 1.21 bits per heavy atom. The Kier molecular flexibility index (Phi) is 3.63. The lowest BCUT2D eigenvalue weighted by Gasteiger charge is -2.47. The molecule has 0 aliphatic heterocycles. The van der Waals surface area contributed by atoms with E-state index in [4.69, 9.17) is 0 Å². The van der Waals surface area contributed by atoms with Gasteiger partial charge in [-0.05, 0) is 43.6 Å². The fourth-order valence-electron chi connectivity index (χ4n) is 3.63. The van der Waals surface area contributed by atoms with Gasteiger partial charge in [0.1, 0.15) is 0 Å². The van der Waals surface area contributed by atoms with E-state index >= 15 is 0 Å². The third-order valence-electron chi connectivity index (χ3n) is 3.71. The smallest absolute Gasteiger partial charge is 0.00743 e. The molecule has 0 aromatic heterocycles. The maximum absolute atomic E-state index is 3.47. The van der Waals surface area contributed by atoms with Crippen LogP contribution in [-0.2, 0) is 0 Å². The van der Waals surface area contributed by atoms with Gasteiger partial charge in [0.2, 0.25) is 0 Å². The number of hydrogen-bond acceptors (Lipinski definition) is 1. The molecule has 0 bridgehead atoms. The molecule has 0 aromatic rings. The molecule has 1 rings (SSSR count). The average molecular weight is 197 g/mol. The summed E-state index contributed by atoms with van der Waals surface area (Å²) in [6.45, 7) is 9.62. The minimum Gasteiger partial charge on any atom is -0.317 e. The van der Waals surface area contributed by atoms with Gasteiger partial charge in [-0.25, -0.2) is 0 Å². The zero-order valence-corrected chi connectivity index (χ0v) is 10.6. The predicted octanol–water partition coefficient (Wildman–Crippen LogP) is 3.59. The molecule has 1 nitrogen and oxygen atoms in total. The van der Waals surface area contributed by atoms with Gasteiger partial charge in [0, 0.05) is 6.04 Å². The molecule has 1 aliphatic carbocycles. The molecule has 14 heavy (non-hydrogen) atoms. The van der Waals surface area contributed by atoms with Crippen LogP contribution in [0.4, 0.5) is 0 Å². The van der Waals surface area contributed by atoms with Crippen molar-refractivity contribution >= 4 is 0 Å². The first-order valence-corrected chi connectivity index (χ1v) is 6.08. The SMILES string of the molecule is CCCC1(C)CC(NC)CC(C)(C)C1. The third-order valence-corrected chi connectivity index (χ3v) is 3.71. The molecule has 1 fully saturated rings. The molecule has 1 heteroatoms. The molecule has 0 aromatic carbocycles. The Morgan fingerprint density at radius 3 is 2.36 bits per heavy atom. The van der Waals surface area contributed by atoms with E-state index in [2.05, 4.69) is 40.1 Å². The van der Waals surface area contributed by atoms with Crippen LogP contribution < -0.4 is 5.32 Å². The summed E-state index contributed by atoms with van der Waals surface area (Å²) in [5.74, 6) is 0. The summed E-state index contributed by atoms with van der Waals surface area (Å²) in [5.41, 5.74) is 1.10. The Balaban J connectivity index is 2.69. The van der Waals surface area contributed by atoms with Crippen LogP contribution in [0.2, 0.25) is 0 Å². The van der Waals surface area contributed by atoms with Crippen molar-refractivity contribution in [2.45, 2.75) is 65.8 Å². The van der Waals surface area contributed by atoms with Gasteiger partial charge >= 0.3 is 0 Å². The van der Waals surface area contributed by atoms with E-state index in [1.165, 1.54) is 32.1 Å². The highest BCUT2D eigenvalue weighted by Crippen LogP contribution is 2.48. The van der Waals surface area contributed by atoms with Crippen LogP contribution in [0.1, 0.15) is 59.8 Å². The van der Waals surface area contributed by atoms with Crippen molar-refractivity contribution < 1.29 is 0 Å². The first-order chi connectivity index (χ1) is 6.41. The van der Waals surface area contributed by atoms with Crippen LogP contribution in [-0.4, -0.2) is 13.1 Å². The number of rotatable bonds is 3. The zero-order chi connectivity index (χ0) is 10.8. The van der Waals surface area contributed by atoms with Crippen LogP contribution in [0.5, 0.6) is 0 Å². The fraction of sp³-hybridized carbons (Fsp3) is 1.00. The largest absolute Gasteiger partial charge is 0.317 e. The Bertz CT molecular complexity index is 186. The van der Waals surface area contributed by atoms with Gasteiger partial charge in [0.05, 0.1) is 0 Å². The van der Waals surface area contributed by atoms with Crippen molar-refractivity contribution in [3.63, 3.8) is 0 Å². The van der Waals surface area contributed by atoms with E-state index in [0.717, 1.165) is 6.04 Å². The van der Waals surface area contributed by atoms with Crippen LogP contribution in [0.3, 0.4) is 0 Å². The molecule has 0 heterocycles. The minimum absolute atomic E-state index is 0.524. The van der Waals surface area contributed by atoms with Gasteiger partial charge in [0.25, 0.3) is 0 Å². The molecule has 0 spiro atoms. The van der Waals surface area contributed by atoms with Crippen molar-refractivity contribution in [2.24, 2.45) is 10.8 Å². The Labute approximate surface area is 89.7 Å². The lowest BCUT2D eigenvalue weighted by Crippen LogP contribution is -2.43. The number of hydrogen-bond donors (Lipinski definition) is 1. The molecule has 2 atom stereocenters. The summed E-state index contributed by atoms with van der Waals surface area (Å²) >= 11 is 0. The third kappa shape index (κ3) is 2.98. The van der Waals surface area contributed by atoms with Gasteiger partial charge in [-0.2, -0.15) is 0 Å². The summed E-state index contributed by atoms with van der Waals surface area (Å²) < 4.78 is 0. The van der Waals surface area contributed by atoms with E-state index in [0.29, 0.717) is 10.8 Å². The molecule has 0 amide bonds. The van der Waals surface area contributed by atoms with Crippen molar-refractivity contribution in [2.75, 3.05) is 7.05 Å². The standard InChI is InChI=1S/C13H27N/c1-6-7-13(4)9-11(14-5)8-12(2,3)10-13/h11,14H,6-10H2,1-5H3. The number of nitrogens with one attached hydrogen (secondary N) is 1. The molecule has 84 valence electrons. The van der Waals surface area contributed by atoms with Gasteiger partial charge in [0.15, 0.2) is 0 Å². The lowest BCUT2D eigenvalue weighted by atomic mass is 9.61. The molecule has 1 aliphatic rings. The monoisotopic (exact) mass is 197 g/mol. The first-order valence-electron chi connectivity index (χ1n) is 6.08. The Hall–Kier alpha value is -0.0400. The molecule has 1 N–H and O–H groups in total. The predicted molar refractivity (Wildman–Crippen MR) is 63.5 cm³/mol. The maximum atomic E-state index is 3.47. The summed E-state index contributed by atoms with van der Waals surface area (Å²) in [7, 11) is 2.11. The lowest BCUT2D eigenvalue weighted by molar-refractivity contribution is 0.0658. The molecular formula is C13H27N. The fourth-order valence-corrected chi connectivity index (χ4v) is 3.63. The summed E-state index contributed by atoms with van der Waals surface area (Å²) in [5, 5.41) is 3.47. The second kappa shape index (κ2) is 4.22. The highest BCUT2D eigenvalue weighted by Gasteiger charge is 2.39. The van der Waals surface area contributed by atoms with Crippen LogP contribution in [0, 0.1) is 10.8 Å². The second-order valence-electron chi connectivity index (χ2n) is 6.30. The van der Waals surface area contributed by atoms with Gasteiger partial charge in [-0.3, -0.25) is 0 Å². The van der Waals surface area contributed by atoms with Gasteiger partial charge in [-0.15, -0.1) is 0 Å². The molecule has 1 saturated carbocycles. The Morgan fingerprint density at radius 2 is 1.86 bits per heavy atom. The van der Waals surface area contributed by atoms with Crippen molar-refractivity contribution in [1.82, 2.24) is 5.32 Å². The highest BCUT2D eigenvalue weighted by molar-refractivity contribution is 4.93.